The number of ether oxygens (including phenoxy) is 1. The summed E-state index contributed by atoms with van der Waals surface area (Å²) >= 11 is 0. The molecular formula is C20H29N5O3. The molecule has 0 spiro atoms. The molecule has 0 bridgehead atoms. The molecule has 28 heavy (non-hydrogen) atoms. The Morgan fingerprint density at radius 3 is 2.86 bits per heavy atom. The van der Waals surface area contributed by atoms with E-state index in [1.165, 1.54) is 0 Å². The normalized spacial score (nSPS) is 18.3. The van der Waals surface area contributed by atoms with Crippen LogP contribution in [0.1, 0.15) is 32.5 Å². The van der Waals surface area contributed by atoms with E-state index in [0.29, 0.717) is 49.5 Å². The second kappa shape index (κ2) is 8.81. The number of carbonyl (C=O) groups is 1. The summed E-state index contributed by atoms with van der Waals surface area (Å²) in [5.74, 6) is 0.446. The number of nitrogens with zero attached hydrogens (tertiary/aromatic N) is 2. The zero-order valence-electron chi connectivity index (χ0n) is 16.5. The third-order valence-corrected chi connectivity index (χ3v) is 5.61. The predicted molar refractivity (Wildman–Crippen MR) is 108 cm³/mol. The number of fused-ring (bicyclic) bond motifs is 1. The summed E-state index contributed by atoms with van der Waals surface area (Å²) in [6, 6.07) is 7.26. The van der Waals surface area contributed by atoms with Crippen LogP contribution >= 0.6 is 0 Å². The third-order valence-electron chi connectivity index (χ3n) is 5.61. The standard InChI is InChI=1S/C20H29N5O3/c1-3-20(4-2,13-21)24-19(27)16-11-25(9-10-28-16)12-17-22-15-8-6-5-7-14(15)18(26)23-17/h5-8,16H,3-4,9-13,21H2,1-2H3,(H,24,27)(H,22,23,26). The van der Waals surface area contributed by atoms with Gasteiger partial charge in [-0.05, 0) is 25.0 Å². The molecule has 1 aromatic heterocycles. The molecule has 152 valence electrons. The van der Waals surface area contributed by atoms with Crippen molar-refractivity contribution in [3.63, 3.8) is 0 Å². The van der Waals surface area contributed by atoms with Crippen molar-refractivity contribution in [3.05, 3.63) is 40.4 Å². The number of aromatic amines is 1. The minimum Gasteiger partial charge on any atom is -0.366 e. The lowest BCUT2D eigenvalue weighted by atomic mass is 9.92. The molecule has 8 heteroatoms. The zero-order chi connectivity index (χ0) is 20.1. The van der Waals surface area contributed by atoms with Crippen molar-refractivity contribution in [2.45, 2.75) is 44.9 Å². The Labute approximate surface area is 164 Å². The topological polar surface area (TPSA) is 113 Å². The molecule has 1 amide bonds. The van der Waals surface area contributed by atoms with E-state index in [0.717, 1.165) is 12.8 Å². The number of benzene rings is 1. The lowest BCUT2D eigenvalue weighted by molar-refractivity contribution is -0.141. The summed E-state index contributed by atoms with van der Waals surface area (Å²) in [4.78, 5) is 34.4. The molecule has 1 unspecified atom stereocenters. The second-order valence-corrected chi connectivity index (χ2v) is 7.31. The number of amides is 1. The molecule has 1 aromatic carbocycles. The van der Waals surface area contributed by atoms with Crippen molar-refractivity contribution in [2.24, 2.45) is 5.73 Å². The average Bonchev–Trinajstić information content (AvgIpc) is 2.72. The first kappa shape index (κ1) is 20.4. The highest BCUT2D eigenvalue weighted by molar-refractivity contribution is 5.82. The summed E-state index contributed by atoms with van der Waals surface area (Å²) in [7, 11) is 0. The Morgan fingerprint density at radius 2 is 2.14 bits per heavy atom. The van der Waals surface area contributed by atoms with Crippen LogP contribution in [-0.4, -0.2) is 58.7 Å². The highest BCUT2D eigenvalue weighted by atomic mass is 16.5. The van der Waals surface area contributed by atoms with Gasteiger partial charge in [0.1, 0.15) is 11.9 Å². The van der Waals surface area contributed by atoms with E-state index >= 15 is 0 Å². The van der Waals surface area contributed by atoms with Gasteiger partial charge in [-0.3, -0.25) is 14.5 Å². The highest BCUT2D eigenvalue weighted by Crippen LogP contribution is 2.16. The molecule has 1 aliphatic rings. The summed E-state index contributed by atoms with van der Waals surface area (Å²) in [5, 5.41) is 3.65. The average molecular weight is 387 g/mol. The molecule has 1 atom stereocenters. The van der Waals surface area contributed by atoms with Crippen molar-refractivity contribution in [2.75, 3.05) is 26.2 Å². The molecule has 1 aliphatic heterocycles. The number of aromatic nitrogens is 2. The lowest BCUT2D eigenvalue weighted by Crippen LogP contribution is -2.58. The van der Waals surface area contributed by atoms with Gasteiger partial charge in [-0.1, -0.05) is 26.0 Å². The molecule has 0 radical (unpaired) electrons. The van der Waals surface area contributed by atoms with Crippen LogP contribution in [0.25, 0.3) is 10.9 Å². The molecule has 1 saturated heterocycles. The summed E-state index contributed by atoms with van der Waals surface area (Å²) < 4.78 is 5.69. The van der Waals surface area contributed by atoms with E-state index in [1.807, 2.05) is 32.0 Å². The molecule has 2 aromatic rings. The van der Waals surface area contributed by atoms with E-state index in [9.17, 15) is 9.59 Å². The fourth-order valence-corrected chi connectivity index (χ4v) is 3.53. The number of H-pyrrole nitrogens is 1. The quantitative estimate of drug-likeness (QED) is 0.646. The van der Waals surface area contributed by atoms with Crippen LogP contribution in [0.3, 0.4) is 0 Å². The molecule has 2 heterocycles. The summed E-state index contributed by atoms with van der Waals surface area (Å²) in [6.45, 7) is 6.45. The predicted octanol–water partition coefficient (Wildman–Crippen LogP) is 0.758. The van der Waals surface area contributed by atoms with Crippen LogP contribution in [0.4, 0.5) is 0 Å². The number of rotatable bonds is 7. The monoisotopic (exact) mass is 387 g/mol. The molecule has 0 aliphatic carbocycles. The van der Waals surface area contributed by atoms with E-state index in [4.69, 9.17) is 10.5 Å². The SMILES string of the molecule is CCC(CC)(CN)NC(=O)C1CN(Cc2nc3ccccc3c(=O)[nH]2)CCO1. The molecule has 0 saturated carbocycles. The molecule has 1 fully saturated rings. The molecule has 8 nitrogen and oxygen atoms in total. The fraction of sp³-hybridized carbons (Fsp3) is 0.550. The van der Waals surface area contributed by atoms with Crippen molar-refractivity contribution < 1.29 is 9.53 Å². The number of nitrogens with two attached hydrogens (primary N) is 1. The number of hydrogen-bond donors (Lipinski definition) is 3. The maximum absolute atomic E-state index is 12.7. The van der Waals surface area contributed by atoms with Gasteiger partial charge in [0.25, 0.3) is 11.5 Å². The van der Waals surface area contributed by atoms with Crippen molar-refractivity contribution in [1.82, 2.24) is 20.2 Å². The third kappa shape index (κ3) is 4.40. The molecule has 4 N–H and O–H groups in total. The van der Waals surface area contributed by atoms with Gasteiger partial charge in [0.05, 0.1) is 29.6 Å². The number of para-hydroxylation sites is 1. The van der Waals surface area contributed by atoms with Gasteiger partial charge in [0.15, 0.2) is 0 Å². The second-order valence-electron chi connectivity index (χ2n) is 7.31. The van der Waals surface area contributed by atoms with Crippen LogP contribution in [0.15, 0.2) is 29.1 Å². The first-order valence-corrected chi connectivity index (χ1v) is 9.84. The van der Waals surface area contributed by atoms with E-state index in [-0.39, 0.29) is 11.5 Å². The molecular weight excluding hydrogens is 358 g/mol. The Balaban J connectivity index is 1.68. The number of hydrogen-bond acceptors (Lipinski definition) is 6. The lowest BCUT2D eigenvalue weighted by Gasteiger charge is -2.36. The number of carbonyl (C=O) groups excluding carboxylic acids is 1. The van der Waals surface area contributed by atoms with Crippen LogP contribution in [-0.2, 0) is 16.1 Å². The van der Waals surface area contributed by atoms with Gasteiger partial charge in [-0.2, -0.15) is 0 Å². The maximum atomic E-state index is 12.7. The van der Waals surface area contributed by atoms with Crippen LogP contribution < -0.4 is 16.6 Å². The Bertz CT molecular complexity index is 869. The summed E-state index contributed by atoms with van der Waals surface area (Å²) in [6.07, 6.45) is 0.972. The minimum atomic E-state index is -0.565. The Hall–Kier alpha value is -2.29. The van der Waals surface area contributed by atoms with Crippen LogP contribution in [0.2, 0.25) is 0 Å². The van der Waals surface area contributed by atoms with Crippen molar-refractivity contribution in [3.8, 4) is 0 Å². The van der Waals surface area contributed by atoms with Crippen molar-refractivity contribution in [1.29, 1.82) is 0 Å². The van der Waals surface area contributed by atoms with E-state index < -0.39 is 11.6 Å². The summed E-state index contributed by atoms with van der Waals surface area (Å²) in [5.41, 5.74) is 6.01. The van der Waals surface area contributed by atoms with Crippen molar-refractivity contribution >= 4 is 16.8 Å². The maximum Gasteiger partial charge on any atom is 0.258 e. The fourth-order valence-electron chi connectivity index (χ4n) is 3.53. The molecule has 3 rings (SSSR count). The van der Waals surface area contributed by atoms with Gasteiger partial charge in [0, 0.05) is 19.6 Å². The van der Waals surface area contributed by atoms with Gasteiger partial charge in [0.2, 0.25) is 0 Å². The number of morpholine rings is 1. The first-order chi connectivity index (χ1) is 13.5. The number of nitrogens with one attached hydrogen (secondary N) is 2. The van der Waals surface area contributed by atoms with Crippen LogP contribution in [0.5, 0.6) is 0 Å². The van der Waals surface area contributed by atoms with Gasteiger partial charge >= 0.3 is 0 Å². The largest absolute Gasteiger partial charge is 0.366 e. The van der Waals surface area contributed by atoms with Gasteiger partial charge in [-0.25, -0.2) is 4.98 Å². The van der Waals surface area contributed by atoms with E-state index in [1.54, 1.807) is 6.07 Å². The Kier molecular flexibility index (Phi) is 6.43. The highest BCUT2D eigenvalue weighted by Gasteiger charge is 2.33. The van der Waals surface area contributed by atoms with Gasteiger partial charge < -0.3 is 20.8 Å². The Morgan fingerprint density at radius 1 is 1.39 bits per heavy atom. The van der Waals surface area contributed by atoms with E-state index in [2.05, 4.69) is 20.2 Å². The first-order valence-electron chi connectivity index (χ1n) is 9.84. The smallest absolute Gasteiger partial charge is 0.258 e. The zero-order valence-corrected chi connectivity index (χ0v) is 16.5. The van der Waals surface area contributed by atoms with Crippen LogP contribution in [0, 0.1) is 0 Å². The van der Waals surface area contributed by atoms with Gasteiger partial charge in [-0.15, -0.1) is 0 Å². The minimum absolute atomic E-state index is 0.140.